The molecule has 2 heterocycles. The number of likely N-dealkylation sites (tertiary alicyclic amines) is 1. The van der Waals surface area contributed by atoms with E-state index in [9.17, 15) is 9.59 Å². The fourth-order valence-corrected chi connectivity index (χ4v) is 4.08. The fourth-order valence-electron chi connectivity index (χ4n) is 4.08. The number of amides is 2. The minimum atomic E-state index is -0.259. The second kappa shape index (κ2) is 5.08. The van der Waals surface area contributed by atoms with E-state index in [1.165, 1.54) is 5.56 Å². The van der Waals surface area contributed by atoms with Gasteiger partial charge < -0.3 is 9.80 Å². The van der Waals surface area contributed by atoms with Gasteiger partial charge in [0, 0.05) is 30.1 Å². The summed E-state index contributed by atoms with van der Waals surface area (Å²) >= 11 is 0. The number of hydrogen-bond acceptors (Lipinski definition) is 2. The van der Waals surface area contributed by atoms with E-state index in [2.05, 4.69) is 19.9 Å². The minimum absolute atomic E-state index is 0.0316. The smallest absolute Gasteiger partial charge is 0.249 e. The van der Waals surface area contributed by atoms with Crippen LogP contribution < -0.4 is 4.90 Å². The summed E-state index contributed by atoms with van der Waals surface area (Å²) in [4.78, 5) is 29.4. The normalized spacial score (nSPS) is 25.6. The van der Waals surface area contributed by atoms with Crippen molar-refractivity contribution in [3.05, 3.63) is 29.8 Å². The lowest BCUT2D eigenvalue weighted by Gasteiger charge is -2.29. The van der Waals surface area contributed by atoms with Gasteiger partial charge in [-0.15, -0.1) is 0 Å². The van der Waals surface area contributed by atoms with Gasteiger partial charge >= 0.3 is 0 Å². The van der Waals surface area contributed by atoms with Gasteiger partial charge in [-0.25, -0.2) is 0 Å². The van der Waals surface area contributed by atoms with Crippen LogP contribution in [0.2, 0.25) is 0 Å². The largest absolute Gasteiger partial charge is 0.330 e. The Morgan fingerprint density at radius 2 is 1.83 bits per heavy atom. The first-order valence-corrected chi connectivity index (χ1v) is 8.70. The van der Waals surface area contributed by atoms with Gasteiger partial charge in [0.05, 0.1) is 0 Å². The van der Waals surface area contributed by atoms with E-state index >= 15 is 0 Å². The Bertz CT molecular complexity index is 663. The van der Waals surface area contributed by atoms with Gasteiger partial charge in [0.25, 0.3) is 0 Å². The molecule has 1 aromatic carbocycles. The zero-order chi connectivity index (χ0) is 16.2. The quantitative estimate of drug-likeness (QED) is 0.842. The molecular weight excluding hydrogens is 288 g/mol. The van der Waals surface area contributed by atoms with E-state index < -0.39 is 0 Å². The Labute approximate surface area is 137 Å². The summed E-state index contributed by atoms with van der Waals surface area (Å²) in [7, 11) is 0. The first-order chi connectivity index (χ1) is 11.0. The van der Waals surface area contributed by atoms with Gasteiger partial charge in [0.1, 0.15) is 6.04 Å². The van der Waals surface area contributed by atoms with Crippen molar-refractivity contribution in [2.24, 2.45) is 5.92 Å². The fraction of sp³-hybridized carbons (Fsp3) is 0.579. The zero-order valence-corrected chi connectivity index (χ0v) is 13.9. The number of rotatable bonds is 2. The molecule has 23 heavy (non-hydrogen) atoms. The van der Waals surface area contributed by atoms with E-state index in [0.29, 0.717) is 6.54 Å². The highest BCUT2D eigenvalue weighted by Crippen LogP contribution is 2.41. The van der Waals surface area contributed by atoms with E-state index in [1.807, 2.05) is 28.0 Å². The number of anilines is 1. The molecule has 2 amide bonds. The molecule has 4 rings (SSSR count). The summed E-state index contributed by atoms with van der Waals surface area (Å²) in [6.07, 6.45) is 3.73. The first-order valence-electron chi connectivity index (χ1n) is 8.70. The van der Waals surface area contributed by atoms with Crippen LogP contribution in [0.15, 0.2) is 24.3 Å². The van der Waals surface area contributed by atoms with Gasteiger partial charge in [-0.1, -0.05) is 32.0 Å². The van der Waals surface area contributed by atoms with Crippen LogP contribution in [0.3, 0.4) is 0 Å². The highest BCUT2D eigenvalue weighted by Gasteiger charge is 2.45. The molecule has 1 atom stereocenters. The predicted molar refractivity (Wildman–Crippen MR) is 89.3 cm³/mol. The predicted octanol–water partition coefficient (Wildman–Crippen LogP) is 2.71. The van der Waals surface area contributed by atoms with Crippen LogP contribution in [0.1, 0.15) is 45.1 Å². The van der Waals surface area contributed by atoms with E-state index in [4.69, 9.17) is 0 Å². The van der Waals surface area contributed by atoms with E-state index in [1.54, 1.807) is 0 Å². The average molecular weight is 312 g/mol. The lowest BCUT2D eigenvalue weighted by molar-refractivity contribution is -0.138. The molecule has 0 bridgehead atoms. The highest BCUT2D eigenvalue weighted by atomic mass is 16.2. The molecule has 122 valence electrons. The number of hydrogen-bond donors (Lipinski definition) is 0. The van der Waals surface area contributed by atoms with Crippen molar-refractivity contribution in [2.45, 2.75) is 51.0 Å². The number of nitrogens with zero attached hydrogens (tertiary/aromatic N) is 2. The Morgan fingerprint density at radius 1 is 1.09 bits per heavy atom. The Kier molecular flexibility index (Phi) is 3.26. The van der Waals surface area contributed by atoms with Crippen molar-refractivity contribution >= 4 is 17.5 Å². The molecule has 1 unspecified atom stereocenters. The van der Waals surface area contributed by atoms with Crippen molar-refractivity contribution in [3.8, 4) is 0 Å². The van der Waals surface area contributed by atoms with Crippen molar-refractivity contribution in [1.82, 2.24) is 4.90 Å². The SMILES string of the molecule is CC1(C)CN(C(=O)C2CCCN2C(=O)C2CC2)c2ccccc21. The maximum atomic E-state index is 13.2. The van der Waals surface area contributed by atoms with Crippen LogP contribution in [0.4, 0.5) is 5.69 Å². The third-order valence-corrected chi connectivity index (χ3v) is 5.49. The van der Waals surface area contributed by atoms with Crippen molar-refractivity contribution in [3.63, 3.8) is 0 Å². The number of fused-ring (bicyclic) bond motifs is 1. The number of carbonyl (C=O) groups is 2. The van der Waals surface area contributed by atoms with Gasteiger partial charge in [-0.2, -0.15) is 0 Å². The number of carbonyl (C=O) groups excluding carboxylic acids is 2. The lowest BCUT2D eigenvalue weighted by atomic mass is 9.87. The number of benzene rings is 1. The number of para-hydroxylation sites is 1. The van der Waals surface area contributed by atoms with Crippen molar-refractivity contribution < 1.29 is 9.59 Å². The summed E-state index contributed by atoms with van der Waals surface area (Å²) in [6, 6.07) is 7.91. The second-order valence-electron chi connectivity index (χ2n) is 7.79. The molecule has 0 radical (unpaired) electrons. The van der Waals surface area contributed by atoms with Gasteiger partial charge in [0.15, 0.2) is 0 Å². The van der Waals surface area contributed by atoms with Crippen LogP contribution in [-0.4, -0.2) is 35.8 Å². The maximum absolute atomic E-state index is 13.2. The molecule has 3 aliphatic rings. The topological polar surface area (TPSA) is 40.6 Å². The summed E-state index contributed by atoms with van der Waals surface area (Å²) in [5.74, 6) is 0.493. The molecular formula is C19H24N2O2. The molecule has 1 saturated heterocycles. The third kappa shape index (κ3) is 2.35. The van der Waals surface area contributed by atoms with Crippen LogP contribution in [0.25, 0.3) is 0 Å². The molecule has 4 heteroatoms. The molecule has 1 aromatic rings. The standard InChI is InChI=1S/C19H24N2O2/c1-19(2)12-21(15-7-4-3-6-14(15)19)18(23)16-8-5-11-20(16)17(22)13-9-10-13/h3-4,6-7,13,16H,5,8-12H2,1-2H3. The minimum Gasteiger partial charge on any atom is -0.330 e. The zero-order valence-electron chi connectivity index (χ0n) is 13.9. The molecule has 2 aliphatic heterocycles. The van der Waals surface area contributed by atoms with Crippen LogP contribution in [-0.2, 0) is 15.0 Å². The second-order valence-corrected chi connectivity index (χ2v) is 7.79. The summed E-state index contributed by atoms with van der Waals surface area (Å²) in [6.45, 7) is 5.81. The van der Waals surface area contributed by atoms with Gasteiger partial charge in [-0.3, -0.25) is 9.59 Å². The Balaban J connectivity index is 1.61. The first kappa shape index (κ1) is 14.7. The van der Waals surface area contributed by atoms with Crippen LogP contribution in [0.5, 0.6) is 0 Å². The lowest BCUT2D eigenvalue weighted by Crippen LogP contribution is -2.48. The molecule has 4 nitrogen and oxygen atoms in total. The summed E-state index contributed by atoms with van der Waals surface area (Å²) < 4.78 is 0. The molecule has 1 aliphatic carbocycles. The Morgan fingerprint density at radius 3 is 2.57 bits per heavy atom. The van der Waals surface area contributed by atoms with Gasteiger partial charge in [0.2, 0.25) is 11.8 Å². The Hall–Kier alpha value is -1.84. The summed E-state index contributed by atoms with van der Waals surface area (Å²) in [5, 5.41) is 0. The molecule has 1 saturated carbocycles. The van der Waals surface area contributed by atoms with E-state index in [-0.39, 0.29) is 29.2 Å². The van der Waals surface area contributed by atoms with Crippen molar-refractivity contribution in [2.75, 3.05) is 18.0 Å². The monoisotopic (exact) mass is 312 g/mol. The maximum Gasteiger partial charge on any atom is 0.249 e. The third-order valence-electron chi connectivity index (χ3n) is 5.49. The summed E-state index contributed by atoms with van der Waals surface area (Å²) in [5.41, 5.74) is 2.22. The van der Waals surface area contributed by atoms with Crippen molar-refractivity contribution in [1.29, 1.82) is 0 Å². The van der Waals surface area contributed by atoms with Gasteiger partial charge in [-0.05, 0) is 37.3 Å². The van der Waals surface area contributed by atoms with Crippen LogP contribution >= 0.6 is 0 Å². The van der Waals surface area contributed by atoms with Crippen LogP contribution in [0, 0.1) is 5.92 Å². The van der Waals surface area contributed by atoms with E-state index in [0.717, 1.165) is 37.9 Å². The average Bonchev–Trinajstić information content (AvgIpc) is 3.21. The molecule has 2 fully saturated rings. The molecule has 0 N–H and O–H groups in total. The highest BCUT2D eigenvalue weighted by molar-refractivity contribution is 6.01. The molecule has 0 spiro atoms. The molecule has 0 aromatic heterocycles.